The first-order valence-electron chi connectivity index (χ1n) is 8.82. The minimum absolute atomic E-state index is 0.0795. The molecule has 1 aliphatic rings. The van der Waals surface area contributed by atoms with Gasteiger partial charge in [0.05, 0.1) is 5.39 Å². The van der Waals surface area contributed by atoms with Gasteiger partial charge in [0.1, 0.15) is 17.4 Å². The molecule has 134 valence electrons. The molecule has 1 nitrogen and oxygen atoms in total. The van der Waals surface area contributed by atoms with Crippen LogP contribution in [0.25, 0.3) is 21.9 Å². The molecule has 0 fully saturated rings. The second kappa shape index (κ2) is 6.05. The Morgan fingerprint density at radius 1 is 1.08 bits per heavy atom. The van der Waals surface area contributed by atoms with E-state index in [0.717, 1.165) is 52.1 Å². The molecule has 3 aromatic carbocycles. The fourth-order valence-electron chi connectivity index (χ4n) is 4.33. The summed E-state index contributed by atoms with van der Waals surface area (Å²) < 4.78 is 29.4. The van der Waals surface area contributed by atoms with E-state index in [1.54, 1.807) is 6.07 Å². The fraction of sp³-hybridized carbons (Fsp3) is 0.273. The van der Waals surface area contributed by atoms with Crippen molar-refractivity contribution in [3.05, 3.63) is 63.6 Å². The van der Waals surface area contributed by atoms with Crippen molar-refractivity contribution in [3.8, 4) is 16.9 Å². The molecule has 4 rings (SSSR count). The van der Waals surface area contributed by atoms with E-state index >= 15 is 0 Å². The van der Waals surface area contributed by atoms with Crippen LogP contribution < -0.4 is 0 Å². The van der Waals surface area contributed by atoms with Gasteiger partial charge in [-0.25, -0.2) is 8.78 Å². The van der Waals surface area contributed by atoms with Gasteiger partial charge in [-0.05, 0) is 58.3 Å². The van der Waals surface area contributed by atoms with Crippen LogP contribution in [0.2, 0.25) is 0 Å². The molecule has 0 heterocycles. The van der Waals surface area contributed by atoms with Crippen molar-refractivity contribution in [2.75, 3.05) is 0 Å². The van der Waals surface area contributed by atoms with Gasteiger partial charge in [-0.15, -0.1) is 0 Å². The molecule has 0 bridgehead atoms. The van der Waals surface area contributed by atoms with Gasteiger partial charge in [0.2, 0.25) is 0 Å². The molecule has 1 atom stereocenters. The van der Waals surface area contributed by atoms with Crippen molar-refractivity contribution in [1.29, 1.82) is 0 Å². The van der Waals surface area contributed by atoms with Crippen LogP contribution in [0.4, 0.5) is 8.78 Å². The Morgan fingerprint density at radius 2 is 1.85 bits per heavy atom. The van der Waals surface area contributed by atoms with Gasteiger partial charge >= 0.3 is 0 Å². The molecular formula is C22H19BrF2O. The van der Waals surface area contributed by atoms with E-state index in [2.05, 4.69) is 35.8 Å². The maximum atomic E-state index is 14.4. The molecule has 0 saturated heterocycles. The Hall–Kier alpha value is -1.94. The smallest absolute Gasteiger partial charge is 0.137 e. The summed E-state index contributed by atoms with van der Waals surface area (Å²) in [6.07, 6.45) is 3.00. The van der Waals surface area contributed by atoms with Crippen molar-refractivity contribution in [1.82, 2.24) is 0 Å². The number of rotatable bonds is 3. The highest BCUT2D eigenvalue weighted by molar-refractivity contribution is 9.10. The van der Waals surface area contributed by atoms with Crippen molar-refractivity contribution in [2.45, 2.75) is 38.5 Å². The topological polar surface area (TPSA) is 20.2 Å². The van der Waals surface area contributed by atoms with E-state index in [1.165, 1.54) is 6.07 Å². The standard InChI is InChI=1S/C22H19BrF2O/c1-3-4-7-22(2)16-6-5-12(23)8-14(16)20-15-9-13(24)10-18(25)21(15)19(26)11-17(20)22/h5-6,8-11,26H,3-4,7H2,1-2H3. The lowest BCUT2D eigenvalue weighted by atomic mass is 9.76. The Kier molecular flexibility index (Phi) is 4.07. The Morgan fingerprint density at radius 3 is 2.58 bits per heavy atom. The number of halogens is 3. The molecule has 0 radical (unpaired) electrons. The van der Waals surface area contributed by atoms with Gasteiger partial charge in [0.15, 0.2) is 0 Å². The largest absolute Gasteiger partial charge is 0.507 e. The molecule has 1 unspecified atom stereocenters. The van der Waals surface area contributed by atoms with E-state index in [0.29, 0.717) is 5.39 Å². The lowest BCUT2D eigenvalue weighted by molar-refractivity contribution is 0.469. The minimum atomic E-state index is -0.737. The van der Waals surface area contributed by atoms with E-state index < -0.39 is 11.6 Å². The van der Waals surface area contributed by atoms with Gasteiger partial charge in [0.25, 0.3) is 0 Å². The van der Waals surface area contributed by atoms with Crippen LogP contribution in [0.1, 0.15) is 44.2 Å². The predicted molar refractivity (Wildman–Crippen MR) is 105 cm³/mol. The first-order valence-corrected chi connectivity index (χ1v) is 9.61. The SMILES string of the molecule is CCCCC1(C)c2ccc(Br)cc2-c2c1cc(O)c1c(F)cc(F)cc21. The molecule has 0 aromatic heterocycles. The Labute approximate surface area is 159 Å². The molecule has 1 aliphatic carbocycles. The zero-order valence-corrected chi connectivity index (χ0v) is 16.3. The Bertz CT molecular complexity index is 1040. The molecule has 3 aromatic rings. The van der Waals surface area contributed by atoms with E-state index in [9.17, 15) is 13.9 Å². The fourth-order valence-corrected chi connectivity index (χ4v) is 4.69. The summed E-state index contributed by atoms with van der Waals surface area (Å²) in [6.45, 7) is 4.30. The molecule has 0 amide bonds. The number of unbranched alkanes of at least 4 members (excludes halogenated alkanes) is 1. The summed E-state index contributed by atoms with van der Waals surface area (Å²) in [5.41, 5.74) is 3.58. The van der Waals surface area contributed by atoms with Crippen LogP contribution in [0.5, 0.6) is 5.75 Å². The third kappa shape index (κ3) is 2.38. The number of fused-ring (bicyclic) bond motifs is 5. The van der Waals surface area contributed by atoms with Crippen LogP contribution >= 0.6 is 15.9 Å². The third-order valence-corrected chi connectivity index (χ3v) is 6.09. The van der Waals surface area contributed by atoms with Crippen molar-refractivity contribution in [2.24, 2.45) is 0 Å². The highest BCUT2D eigenvalue weighted by Crippen LogP contribution is 2.55. The molecule has 0 spiro atoms. The molecule has 0 aliphatic heterocycles. The lowest BCUT2D eigenvalue weighted by Gasteiger charge is -2.27. The van der Waals surface area contributed by atoms with Gasteiger partial charge in [-0.3, -0.25) is 0 Å². The first-order chi connectivity index (χ1) is 12.4. The van der Waals surface area contributed by atoms with Gasteiger partial charge in [0, 0.05) is 16.0 Å². The zero-order chi connectivity index (χ0) is 18.6. The zero-order valence-electron chi connectivity index (χ0n) is 14.7. The summed E-state index contributed by atoms with van der Waals surface area (Å²) in [5.74, 6) is -1.51. The lowest BCUT2D eigenvalue weighted by Crippen LogP contribution is -2.20. The summed E-state index contributed by atoms with van der Waals surface area (Å²) >= 11 is 3.52. The van der Waals surface area contributed by atoms with Gasteiger partial charge in [-0.1, -0.05) is 48.7 Å². The highest BCUT2D eigenvalue weighted by Gasteiger charge is 2.40. The van der Waals surface area contributed by atoms with E-state index in [1.807, 2.05) is 12.1 Å². The maximum Gasteiger partial charge on any atom is 0.137 e. The van der Waals surface area contributed by atoms with Crippen LogP contribution in [0.15, 0.2) is 40.9 Å². The average Bonchev–Trinajstić information content (AvgIpc) is 2.81. The minimum Gasteiger partial charge on any atom is -0.507 e. The summed E-state index contributed by atoms with van der Waals surface area (Å²) in [6, 6.07) is 9.90. The first kappa shape index (κ1) is 17.5. The van der Waals surface area contributed by atoms with Crippen molar-refractivity contribution >= 4 is 26.7 Å². The maximum absolute atomic E-state index is 14.4. The van der Waals surface area contributed by atoms with Crippen molar-refractivity contribution < 1.29 is 13.9 Å². The average molecular weight is 417 g/mol. The summed E-state index contributed by atoms with van der Waals surface area (Å²) in [7, 11) is 0. The van der Waals surface area contributed by atoms with Gasteiger partial charge in [-0.2, -0.15) is 0 Å². The van der Waals surface area contributed by atoms with Crippen LogP contribution in [-0.2, 0) is 5.41 Å². The summed E-state index contributed by atoms with van der Waals surface area (Å²) in [4.78, 5) is 0. The normalized spacial score (nSPS) is 18.2. The van der Waals surface area contributed by atoms with Crippen LogP contribution in [-0.4, -0.2) is 5.11 Å². The molecular weight excluding hydrogens is 398 g/mol. The van der Waals surface area contributed by atoms with Crippen LogP contribution in [0.3, 0.4) is 0 Å². The molecule has 0 saturated carbocycles. The number of aromatic hydroxyl groups is 1. The van der Waals surface area contributed by atoms with Gasteiger partial charge < -0.3 is 5.11 Å². The number of hydrogen-bond donors (Lipinski definition) is 1. The molecule has 1 N–H and O–H groups in total. The second-order valence-electron chi connectivity index (χ2n) is 7.25. The third-order valence-electron chi connectivity index (χ3n) is 5.60. The van der Waals surface area contributed by atoms with Crippen molar-refractivity contribution in [3.63, 3.8) is 0 Å². The summed E-state index contributed by atoms with van der Waals surface area (Å²) in [5, 5.41) is 11.0. The number of benzene rings is 3. The quantitative estimate of drug-likeness (QED) is 0.484. The number of phenolic OH excluding ortho intramolecular Hbond substituents is 1. The highest BCUT2D eigenvalue weighted by atomic mass is 79.9. The second-order valence-corrected chi connectivity index (χ2v) is 8.17. The molecule has 4 heteroatoms. The number of hydrogen-bond acceptors (Lipinski definition) is 1. The van der Waals surface area contributed by atoms with Crippen LogP contribution in [0, 0.1) is 11.6 Å². The predicted octanol–water partition coefficient (Wildman–Crippen LogP) is 7.06. The van der Waals surface area contributed by atoms with E-state index in [-0.39, 0.29) is 16.6 Å². The van der Waals surface area contributed by atoms with E-state index in [4.69, 9.17) is 0 Å². The number of phenols is 1. The monoisotopic (exact) mass is 416 g/mol. The Balaban J connectivity index is 2.15. The molecule has 26 heavy (non-hydrogen) atoms.